The number of ether oxygens (including phenoxy) is 2. The van der Waals surface area contributed by atoms with Crippen molar-refractivity contribution in [2.75, 3.05) is 25.6 Å². The summed E-state index contributed by atoms with van der Waals surface area (Å²) in [5, 5.41) is 6.09. The summed E-state index contributed by atoms with van der Waals surface area (Å²) in [5.74, 6) is -0.154. The number of anilines is 1. The summed E-state index contributed by atoms with van der Waals surface area (Å²) in [4.78, 5) is 25.1. The summed E-state index contributed by atoms with van der Waals surface area (Å²) in [6.07, 6.45) is 0. The van der Waals surface area contributed by atoms with Gasteiger partial charge in [0.2, 0.25) is 0 Å². The SMILES string of the molecule is COCCNC(=O)c1ccccc1NC(=O)C(C)(C)Oc1ccc(Cl)cc1. The number of benzene rings is 2. The molecule has 0 atom stereocenters. The Labute approximate surface area is 163 Å². The zero-order chi connectivity index (χ0) is 19.9. The largest absolute Gasteiger partial charge is 0.478 e. The van der Waals surface area contributed by atoms with E-state index >= 15 is 0 Å². The second kappa shape index (κ2) is 9.39. The fourth-order valence-corrected chi connectivity index (χ4v) is 2.39. The van der Waals surface area contributed by atoms with Crippen LogP contribution in [0.2, 0.25) is 5.02 Å². The van der Waals surface area contributed by atoms with Gasteiger partial charge in [0.25, 0.3) is 11.8 Å². The monoisotopic (exact) mass is 390 g/mol. The fourth-order valence-electron chi connectivity index (χ4n) is 2.27. The number of nitrogens with one attached hydrogen (secondary N) is 2. The van der Waals surface area contributed by atoms with Gasteiger partial charge in [-0.15, -0.1) is 0 Å². The maximum Gasteiger partial charge on any atom is 0.267 e. The molecule has 2 aromatic rings. The molecule has 0 saturated carbocycles. The van der Waals surface area contributed by atoms with Crippen molar-refractivity contribution in [1.82, 2.24) is 5.32 Å². The average molecular weight is 391 g/mol. The minimum Gasteiger partial charge on any atom is -0.478 e. The molecule has 27 heavy (non-hydrogen) atoms. The molecule has 2 N–H and O–H groups in total. The second-order valence-electron chi connectivity index (χ2n) is 6.31. The molecule has 2 amide bonds. The van der Waals surface area contributed by atoms with Gasteiger partial charge in [0.1, 0.15) is 5.75 Å². The van der Waals surface area contributed by atoms with Crippen molar-refractivity contribution >= 4 is 29.1 Å². The Morgan fingerprint density at radius 2 is 1.74 bits per heavy atom. The number of para-hydroxylation sites is 1. The van der Waals surface area contributed by atoms with Crippen molar-refractivity contribution < 1.29 is 19.1 Å². The van der Waals surface area contributed by atoms with Crippen LogP contribution in [-0.2, 0) is 9.53 Å². The molecule has 0 aromatic heterocycles. The average Bonchev–Trinajstić information content (AvgIpc) is 2.64. The normalized spacial score (nSPS) is 11.0. The van der Waals surface area contributed by atoms with E-state index in [9.17, 15) is 9.59 Å². The highest BCUT2D eigenvalue weighted by Crippen LogP contribution is 2.23. The third kappa shape index (κ3) is 5.98. The summed E-state index contributed by atoms with van der Waals surface area (Å²) >= 11 is 5.86. The molecule has 144 valence electrons. The smallest absolute Gasteiger partial charge is 0.267 e. The van der Waals surface area contributed by atoms with E-state index in [-0.39, 0.29) is 11.8 Å². The Morgan fingerprint density at radius 3 is 2.41 bits per heavy atom. The maximum atomic E-state index is 12.7. The van der Waals surface area contributed by atoms with Crippen LogP contribution in [0.1, 0.15) is 24.2 Å². The van der Waals surface area contributed by atoms with Gasteiger partial charge in [-0.25, -0.2) is 0 Å². The molecule has 0 fully saturated rings. The van der Waals surface area contributed by atoms with E-state index in [2.05, 4.69) is 10.6 Å². The van der Waals surface area contributed by atoms with Crippen molar-refractivity contribution in [2.24, 2.45) is 0 Å². The van der Waals surface area contributed by atoms with Crippen LogP contribution in [0.3, 0.4) is 0 Å². The number of hydrogen-bond donors (Lipinski definition) is 2. The van der Waals surface area contributed by atoms with Gasteiger partial charge in [0, 0.05) is 18.7 Å². The van der Waals surface area contributed by atoms with Crippen LogP contribution in [0.25, 0.3) is 0 Å². The Kier molecular flexibility index (Phi) is 7.21. The Morgan fingerprint density at radius 1 is 1.07 bits per heavy atom. The van der Waals surface area contributed by atoms with Gasteiger partial charge in [-0.1, -0.05) is 23.7 Å². The van der Waals surface area contributed by atoms with E-state index in [0.29, 0.717) is 35.2 Å². The first-order valence-electron chi connectivity index (χ1n) is 8.45. The predicted octanol–water partition coefficient (Wildman–Crippen LogP) is 3.51. The van der Waals surface area contributed by atoms with E-state index in [1.807, 2.05) is 0 Å². The molecular formula is C20H23ClN2O4. The first-order valence-corrected chi connectivity index (χ1v) is 8.83. The van der Waals surface area contributed by atoms with Crippen molar-refractivity contribution in [1.29, 1.82) is 0 Å². The lowest BCUT2D eigenvalue weighted by atomic mass is 10.1. The molecule has 7 heteroatoms. The molecule has 0 unspecified atom stereocenters. The standard InChI is InChI=1S/C20H23ClN2O4/c1-20(2,27-15-10-8-14(21)9-11-15)19(25)23-17-7-5-4-6-16(17)18(24)22-12-13-26-3/h4-11H,12-13H2,1-3H3,(H,22,24)(H,23,25). The first kappa shape index (κ1) is 20.7. The third-order valence-electron chi connectivity index (χ3n) is 3.75. The van der Waals surface area contributed by atoms with Gasteiger partial charge in [0.15, 0.2) is 5.60 Å². The number of amides is 2. The van der Waals surface area contributed by atoms with E-state index < -0.39 is 5.60 Å². The van der Waals surface area contributed by atoms with Crippen LogP contribution in [0.4, 0.5) is 5.69 Å². The van der Waals surface area contributed by atoms with Crippen molar-refractivity contribution in [3.8, 4) is 5.75 Å². The molecule has 2 aromatic carbocycles. The highest BCUT2D eigenvalue weighted by molar-refractivity contribution is 6.30. The number of rotatable bonds is 8. The Balaban J connectivity index is 2.10. The highest BCUT2D eigenvalue weighted by Gasteiger charge is 2.31. The zero-order valence-electron chi connectivity index (χ0n) is 15.5. The van der Waals surface area contributed by atoms with E-state index in [0.717, 1.165) is 0 Å². The first-order chi connectivity index (χ1) is 12.8. The van der Waals surface area contributed by atoms with Crippen molar-refractivity contribution in [3.63, 3.8) is 0 Å². The van der Waals surface area contributed by atoms with Gasteiger partial charge in [-0.2, -0.15) is 0 Å². The molecule has 0 aliphatic carbocycles. The highest BCUT2D eigenvalue weighted by atomic mass is 35.5. The number of carbonyl (C=O) groups excluding carboxylic acids is 2. The van der Waals surface area contributed by atoms with Crippen LogP contribution in [0.5, 0.6) is 5.75 Å². The summed E-state index contributed by atoms with van der Waals surface area (Å²) in [7, 11) is 1.56. The van der Waals surface area contributed by atoms with Crippen molar-refractivity contribution in [2.45, 2.75) is 19.4 Å². The van der Waals surface area contributed by atoms with Gasteiger partial charge in [-0.05, 0) is 50.2 Å². The predicted molar refractivity (Wildman–Crippen MR) is 105 cm³/mol. The fraction of sp³-hybridized carbons (Fsp3) is 0.300. The molecule has 2 rings (SSSR count). The number of carbonyl (C=O) groups is 2. The zero-order valence-corrected chi connectivity index (χ0v) is 16.3. The van der Waals surface area contributed by atoms with Crippen LogP contribution in [0, 0.1) is 0 Å². The van der Waals surface area contributed by atoms with Gasteiger partial charge in [0.05, 0.1) is 17.9 Å². The molecule has 0 aliphatic heterocycles. The van der Waals surface area contributed by atoms with Gasteiger partial charge in [-0.3, -0.25) is 9.59 Å². The van der Waals surface area contributed by atoms with E-state index in [4.69, 9.17) is 21.1 Å². The maximum absolute atomic E-state index is 12.7. The summed E-state index contributed by atoms with van der Waals surface area (Å²) < 4.78 is 10.7. The molecule has 0 heterocycles. The van der Waals surface area contributed by atoms with Crippen molar-refractivity contribution in [3.05, 3.63) is 59.1 Å². The molecular weight excluding hydrogens is 368 g/mol. The lowest BCUT2D eigenvalue weighted by Gasteiger charge is -2.26. The van der Waals surface area contributed by atoms with Crippen LogP contribution >= 0.6 is 11.6 Å². The summed E-state index contributed by atoms with van der Waals surface area (Å²) in [6, 6.07) is 13.5. The number of methoxy groups -OCH3 is 1. The lowest BCUT2D eigenvalue weighted by Crippen LogP contribution is -2.43. The topological polar surface area (TPSA) is 76.7 Å². The number of hydrogen-bond acceptors (Lipinski definition) is 4. The molecule has 0 spiro atoms. The van der Waals surface area contributed by atoms with Gasteiger partial charge >= 0.3 is 0 Å². The second-order valence-corrected chi connectivity index (χ2v) is 6.75. The summed E-state index contributed by atoms with van der Waals surface area (Å²) in [6.45, 7) is 4.08. The summed E-state index contributed by atoms with van der Waals surface area (Å²) in [5.41, 5.74) is -0.387. The molecule has 0 aliphatic rings. The van der Waals surface area contributed by atoms with E-state index in [1.54, 1.807) is 69.5 Å². The lowest BCUT2D eigenvalue weighted by molar-refractivity contribution is -0.128. The van der Waals surface area contributed by atoms with E-state index in [1.165, 1.54) is 0 Å². The minimum absolute atomic E-state index is 0.292. The number of halogens is 1. The molecule has 0 bridgehead atoms. The van der Waals surface area contributed by atoms with Crippen LogP contribution < -0.4 is 15.4 Å². The third-order valence-corrected chi connectivity index (χ3v) is 4.00. The Hall–Kier alpha value is -2.57. The minimum atomic E-state index is -1.16. The van der Waals surface area contributed by atoms with Crippen LogP contribution in [0.15, 0.2) is 48.5 Å². The quantitative estimate of drug-likeness (QED) is 0.676. The molecule has 0 radical (unpaired) electrons. The molecule has 0 saturated heterocycles. The van der Waals surface area contributed by atoms with Gasteiger partial charge < -0.3 is 20.1 Å². The van der Waals surface area contributed by atoms with Crippen LogP contribution in [-0.4, -0.2) is 37.7 Å². The Bertz CT molecular complexity index is 791. The molecule has 6 nitrogen and oxygen atoms in total.